The molecular weight excluding hydrogens is 264 g/mol. The van der Waals surface area contributed by atoms with Gasteiger partial charge in [-0.2, -0.15) is 4.31 Å². The van der Waals surface area contributed by atoms with E-state index < -0.39 is 10.0 Å². The second-order valence-corrected chi connectivity index (χ2v) is 6.76. The van der Waals surface area contributed by atoms with Gasteiger partial charge in [0.1, 0.15) is 10.6 Å². The van der Waals surface area contributed by atoms with E-state index in [9.17, 15) is 8.42 Å². The quantitative estimate of drug-likeness (QED) is 0.905. The van der Waals surface area contributed by atoms with E-state index in [1.165, 1.54) is 11.4 Å². The number of ether oxygens (including phenoxy) is 1. The van der Waals surface area contributed by atoms with E-state index in [4.69, 9.17) is 10.5 Å². The summed E-state index contributed by atoms with van der Waals surface area (Å²) in [4.78, 5) is 0.222. The number of benzene rings is 1. The molecule has 0 bridgehead atoms. The molecule has 106 valence electrons. The number of rotatable bonds is 3. The fraction of sp³-hybridized carbons (Fsp3) is 0.538. The van der Waals surface area contributed by atoms with Gasteiger partial charge in [-0.05, 0) is 31.9 Å². The molecule has 1 aliphatic rings. The van der Waals surface area contributed by atoms with Crippen LogP contribution in [0.4, 0.5) is 0 Å². The summed E-state index contributed by atoms with van der Waals surface area (Å²) in [5.74, 6) is 0.379. The second kappa shape index (κ2) is 5.48. The zero-order valence-corrected chi connectivity index (χ0v) is 12.1. The first kappa shape index (κ1) is 14.3. The lowest BCUT2D eigenvalue weighted by molar-refractivity contribution is 0.246. The molecular formula is C13H20N2O3S. The standard InChI is InChI=1S/C13H20N2O3S/c1-10-9-11(14)7-8-15(10)19(16,17)13-6-4-3-5-12(13)18-2/h3-6,10-11H,7-9,14H2,1-2H3/t10-,11+/m1/s1. The zero-order chi connectivity index (χ0) is 14.0. The van der Waals surface area contributed by atoms with Crippen molar-refractivity contribution in [2.45, 2.75) is 36.7 Å². The second-order valence-electron chi connectivity index (χ2n) is 4.90. The highest BCUT2D eigenvalue weighted by Crippen LogP contribution is 2.30. The van der Waals surface area contributed by atoms with Crippen LogP contribution in [0.1, 0.15) is 19.8 Å². The summed E-state index contributed by atoms with van der Waals surface area (Å²) in [5.41, 5.74) is 5.88. The lowest BCUT2D eigenvalue weighted by Gasteiger charge is -2.35. The van der Waals surface area contributed by atoms with Crippen molar-refractivity contribution in [1.82, 2.24) is 4.31 Å². The Hall–Kier alpha value is -1.11. The maximum atomic E-state index is 12.7. The molecule has 1 heterocycles. The lowest BCUT2D eigenvalue weighted by Crippen LogP contribution is -2.48. The molecule has 2 N–H and O–H groups in total. The third kappa shape index (κ3) is 2.75. The first-order valence-corrected chi connectivity index (χ1v) is 7.81. The van der Waals surface area contributed by atoms with Gasteiger partial charge in [-0.15, -0.1) is 0 Å². The van der Waals surface area contributed by atoms with E-state index >= 15 is 0 Å². The van der Waals surface area contributed by atoms with Gasteiger partial charge in [-0.25, -0.2) is 8.42 Å². The Morgan fingerprint density at radius 3 is 2.68 bits per heavy atom. The van der Waals surface area contributed by atoms with Crippen molar-refractivity contribution in [3.63, 3.8) is 0 Å². The van der Waals surface area contributed by atoms with Gasteiger partial charge in [0.25, 0.3) is 0 Å². The van der Waals surface area contributed by atoms with Crippen molar-refractivity contribution in [3.05, 3.63) is 24.3 Å². The number of nitrogens with two attached hydrogens (primary N) is 1. The normalized spacial score (nSPS) is 25.2. The topological polar surface area (TPSA) is 72.6 Å². The van der Waals surface area contributed by atoms with Crippen molar-refractivity contribution >= 4 is 10.0 Å². The van der Waals surface area contributed by atoms with Crippen LogP contribution in [0.3, 0.4) is 0 Å². The summed E-state index contributed by atoms with van der Waals surface area (Å²) in [6.07, 6.45) is 1.38. The van der Waals surface area contributed by atoms with Crippen LogP contribution in [0.5, 0.6) is 5.75 Å². The number of methoxy groups -OCH3 is 1. The summed E-state index contributed by atoms with van der Waals surface area (Å²) >= 11 is 0. The van der Waals surface area contributed by atoms with E-state index in [1.54, 1.807) is 24.3 Å². The molecule has 0 saturated carbocycles. The van der Waals surface area contributed by atoms with Crippen LogP contribution in [-0.4, -0.2) is 38.5 Å². The van der Waals surface area contributed by atoms with Crippen molar-refractivity contribution in [2.75, 3.05) is 13.7 Å². The fourth-order valence-electron chi connectivity index (χ4n) is 2.50. The van der Waals surface area contributed by atoms with Crippen molar-refractivity contribution in [1.29, 1.82) is 0 Å². The van der Waals surface area contributed by atoms with Gasteiger partial charge in [0.05, 0.1) is 7.11 Å². The summed E-state index contributed by atoms with van der Waals surface area (Å²) in [6, 6.07) is 6.70. The van der Waals surface area contributed by atoms with Crippen LogP contribution in [0.25, 0.3) is 0 Å². The molecule has 6 heteroatoms. The number of sulfonamides is 1. The van der Waals surface area contributed by atoms with Gasteiger partial charge < -0.3 is 10.5 Å². The molecule has 0 radical (unpaired) electrons. The van der Waals surface area contributed by atoms with Crippen molar-refractivity contribution in [3.8, 4) is 5.75 Å². The van der Waals surface area contributed by atoms with Gasteiger partial charge in [0.15, 0.2) is 0 Å². The highest BCUT2D eigenvalue weighted by Gasteiger charge is 2.34. The first-order chi connectivity index (χ1) is 8.96. The molecule has 19 heavy (non-hydrogen) atoms. The van der Waals surface area contributed by atoms with E-state index in [0.717, 1.165) is 0 Å². The maximum Gasteiger partial charge on any atom is 0.246 e. The summed E-state index contributed by atoms with van der Waals surface area (Å²) in [6.45, 7) is 2.36. The van der Waals surface area contributed by atoms with Crippen LogP contribution >= 0.6 is 0 Å². The van der Waals surface area contributed by atoms with Crippen LogP contribution in [-0.2, 0) is 10.0 Å². The Labute approximate surface area is 114 Å². The minimum absolute atomic E-state index is 0.0825. The number of hydrogen-bond acceptors (Lipinski definition) is 4. The molecule has 1 fully saturated rings. The van der Waals surface area contributed by atoms with Crippen molar-refractivity contribution < 1.29 is 13.2 Å². The molecule has 1 saturated heterocycles. The van der Waals surface area contributed by atoms with Gasteiger partial charge in [0, 0.05) is 18.6 Å². The van der Waals surface area contributed by atoms with E-state index in [2.05, 4.69) is 0 Å². The summed E-state index contributed by atoms with van der Waals surface area (Å²) in [7, 11) is -2.05. The minimum Gasteiger partial charge on any atom is -0.495 e. The highest BCUT2D eigenvalue weighted by molar-refractivity contribution is 7.89. The molecule has 0 aliphatic carbocycles. The monoisotopic (exact) mass is 284 g/mol. The molecule has 1 aromatic carbocycles. The summed E-state index contributed by atoms with van der Waals surface area (Å²) < 4.78 is 32.0. The lowest BCUT2D eigenvalue weighted by atomic mass is 10.0. The molecule has 1 aliphatic heterocycles. The number of hydrogen-bond donors (Lipinski definition) is 1. The molecule has 0 aromatic heterocycles. The van der Waals surface area contributed by atoms with Crippen LogP contribution < -0.4 is 10.5 Å². The Balaban J connectivity index is 2.37. The third-order valence-electron chi connectivity index (χ3n) is 3.51. The number of piperidine rings is 1. The van der Waals surface area contributed by atoms with Gasteiger partial charge in [0.2, 0.25) is 10.0 Å². The molecule has 5 nitrogen and oxygen atoms in total. The highest BCUT2D eigenvalue weighted by atomic mass is 32.2. The van der Waals surface area contributed by atoms with Crippen LogP contribution in [0.2, 0.25) is 0 Å². The third-order valence-corrected chi connectivity index (χ3v) is 5.56. The van der Waals surface area contributed by atoms with Gasteiger partial charge >= 0.3 is 0 Å². The van der Waals surface area contributed by atoms with Crippen molar-refractivity contribution in [2.24, 2.45) is 5.73 Å². The molecule has 1 aromatic rings. The predicted octanol–water partition coefficient (Wildman–Crippen LogP) is 1.20. The minimum atomic E-state index is -3.52. The number of nitrogens with zero attached hydrogens (tertiary/aromatic N) is 1. The molecule has 0 unspecified atom stereocenters. The Morgan fingerprint density at radius 2 is 2.05 bits per heavy atom. The van der Waals surface area contributed by atoms with Crippen LogP contribution in [0, 0.1) is 0 Å². The largest absolute Gasteiger partial charge is 0.495 e. The Bertz CT molecular complexity index is 545. The summed E-state index contributed by atoms with van der Waals surface area (Å²) in [5, 5.41) is 0. The number of para-hydroxylation sites is 1. The molecule has 0 spiro atoms. The van der Waals surface area contributed by atoms with E-state index in [-0.39, 0.29) is 17.0 Å². The Morgan fingerprint density at radius 1 is 1.37 bits per heavy atom. The van der Waals surface area contributed by atoms with E-state index in [0.29, 0.717) is 25.1 Å². The average molecular weight is 284 g/mol. The SMILES string of the molecule is COc1ccccc1S(=O)(=O)N1CC[C@H](N)C[C@H]1C. The van der Waals surface area contributed by atoms with E-state index in [1.807, 2.05) is 6.92 Å². The first-order valence-electron chi connectivity index (χ1n) is 6.37. The smallest absolute Gasteiger partial charge is 0.246 e. The predicted molar refractivity (Wildman–Crippen MR) is 73.6 cm³/mol. The molecule has 2 rings (SSSR count). The molecule has 2 atom stereocenters. The van der Waals surface area contributed by atoms with Gasteiger partial charge in [-0.3, -0.25) is 0 Å². The fourth-order valence-corrected chi connectivity index (χ4v) is 4.32. The van der Waals surface area contributed by atoms with Gasteiger partial charge in [-0.1, -0.05) is 12.1 Å². The maximum absolute atomic E-state index is 12.7. The Kier molecular flexibility index (Phi) is 4.13. The average Bonchev–Trinajstić information content (AvgIpc) is 2.38. The van der Waals surface area contributed by atoms with Crippen LogP contribution in [0.15, 0.2) is 29.2 Å². The zero-order valence-electron chi connectivity index (χ0n) is 11.2. The molecule has 0 amide bonds.